The van der Waals surface area contributed by atoms with Gasteiger partial charge >= 0.3 is 0 Å². The fourth-order valence-electron chi connectivity index (χ4n) is 4.79. The van der Waals surface area contributed by atoms with E-state index in [9.17, 15) is 0 Å². The molecule has 0 amide bonds. The molecule has 0 N–H and O–H groups in total. The SMILES string of the molecule is CCCC[SiH](CCCC)C(CCCSSCCCC(OC)[SiH](CCCC)CCCC)OC. The molecule has 0 saturated carbocycles. The molecule has 0 aliphatic heterocycles. The highest BCUT2D eigenvalue weighted by Gasteiger charge is 2.22. The Hall–Kier alpha value is 1.05. The van der Waals surface area contributed by atoms with Gasteiger partial charge in [-0.05, 0) is 25.7 Å². The van der Waals surface area contributed by atoms with Gasteiger partial charge in [0.05, 0.1) is 17.6 Å². The monoisotopic (exact) mass is 522 g/mol. The van der Waals surface area contributed by atoms with Crippen molar-refractivity contribution in [3.63, 3.8) is 0 Å². The van der Waals surface area contributed by atoms with Gasteiger partial charge in [0.1, 0.15) is 0 Å². The third kappa shape index (κ3) is 17.5. The molecular formula is C26H58O2S2Si2. The Labute approximate surface area is 214 Å². The lowest BCUT2D eigenvalue weighted by molar-refractivity contribution is 0.151. The Balaban J connectivity index is 4.09. The normalized spacial score (nSPS) is 13.9. The van der Waals surface area contributed by atoms with Crippen LogP contribution in [0.5, 0.6) is 0 Å². The topological polar surface area (TPSA) is 18.5 Å². The summed E-state index contributed by atoms with van der Waals surface area (Å²) in [7, 11) is 6.63. The Morgan fingerprint density at radius 1 is 0.531 bits per heavy atom. The third-order valence-electron chi connectivity index (χ3n) is 6.89. The van der Waals surface area contributed by atoms with Crippen molar-refractivity contribution in [3.8, 4) is 0 Å². The standard InChI is InChI=1S/C26H58O2S2Si2/c1-7-11-21-31(22-12-8-2)25(27-5)17-15-19-29-30-20-16-18-26(28-6)32(23-13-9-3)24-14-10-4/h25-26,31-32H,7-24H2,1-6H3. The van der Waals surface area contributed by atoms with Gasteiger partial charge in [0.25, 0.3) is 0 Å². The van der Waals surface area contributed by atoms with E-state index in [-0.39, 0.29) is 0 Å². The van der Waals surface area contributed by atoms with Crippen LogP contribution < -0.4 is 0 Å². The fraction of sp³-hybridized carbons (Fsp3) is 1.00. The molecule has 0 bridgehead atoms. The minimum Gasteiger partial charge on any atom is -0.385 e. The predicted molar refractivity (Wildman–Crippen MR) is 158 cm³/mol. The van der Waals surface area contributed by atoms with Gasteiger partial charge < -0.3 is 9.47 Å². The quantitative estimate of drug-likeness (QED) is 0.0677. The summed E-state index contributed by atoms with van der Waals surface area (Å²) in [6.45, 7) is 9.31. The predicted octanol–water partition coefficient (Wildman–Crippen LogP) is 8.69. The summed E-state index contributed by atoms with van der Waals surface area (Å²) in [5, 5.41) is 0. The molecule has 6 heteroatoms. The van der Waals surface area contributed by atoms with Crippen molar-refractivity contribution in [3.05, 3.63) is 0 Å². The van der Waals surface area contributed by atoms with E-state index in [0.29, 0.717) is 11.5 Å². The summed E-state index contributed by atoms with van der Waals surface area (Å²) >= 11 is 0. The molecule has 0 aliphatic rings. The van der Waals surface area contributed by atoms with Crippen molar-refractivity contribution in [1.29, 1.82) is 0 Å². The summed E-state index contributed by atoms with van der Waals surface area (Å²) in [6, 6.07) is 5.94. The maximum atomic E-state index is 6.00. The van der Waals surface area contributed by atoms with Crippen LogP contribution in [0, 0.1) is 0 Å². The number of hydrogen-bond donors (Lipinski definition) is 0. The van der Waals surface area contributed by atoms with Gasteiger partial charge in [-0.2, -0.15) is 0 Å². The molecule has 0 fully saturated rings. The van der Waals surface area contributed by atoms with Crippen molar-refractivity contribution in [1.82, 2.24) is 0 Å². The van der Waals surface area contributed by atoms with Crippen molar-refractivity contribution in [2.75, 3.05) is 25.7 Å². The van der Waals surface area contributed by atoms with Crippen molar-refractivity contribution >= 4 is 39.2 Å². The van der Waals surface area contributed by atoms with Crippen LogP contribution in [0.4, 0.5) is 0 Å². The van der Waals surface area contributed by atoms with Gasteiger partial charge in [-0.25, -0.2) is 0 Å². The highest BCUT2D eigenvalue weighted by molar-refractivity contribution is 8.76. The molecule has 2 atom stereocenters. The summed E-state index contributed by atoms with van der Waals surface area (Å²) in [6.07, 6.45) is 16.2. The Morgan fingerprint density at radius 2 is 0.844 bits per heavy atom. The molecule has 0 aromatic carbocycles. The minimum absolute atomic E-state index is 0.606. The van der Waals surface area contributed by atoms with E-state index in [4.69, 9.17) is 9.47 Å². The summed E-state index contributed by atoms with van der Waals surface area (Å²) in [5.41, 5.74) is 1.21. The van der Waals surface area contributed by atoms with Gasteiger partial charge in [0.2, 0.25) is 0 Å². The molecule has 0 spiro atoms. The summed E-state index contributed by atoms with van der Waals surface area (Å²) < 4.78 is 12.0. The molecule has 32 heavy (non-hydrogen) atoms. The van der Waals surface area contributed by atoms with Crippen LogP contribution >= 0.6 is 21.6 Å². The lowest BCUT2D eigenvalue weighted by atomic mass is 10.3. The van der Waals surface area contributed by atoms with Gasteiger partial charge in [0.15, 0.2) is 0 Å². The second-order valence-corrected chi connectivity index (χ2v) is 19.1. The van der Waals surface area contributed by atoms with Crippen LogP contribution in [0.2, 0.25) is 24.2 Å². The molecule has 0 aromatic heterocycles. The zero-order chi connectivity index (χ0) is 23.9. The van der Waals surface area contributed by atoms with Crippen LogP contribution in [0.15, 0.2) is 0 Å². The van der Waals surface area contributed by atoms with E-state index in [0.717, 1.165) is 0 Å². The fourth-order valence-corrected chi connectivity index (χ4v) is 15.0. The largest absolute Gasteiger partial charge is 0.385 e. The van der Waals surface area contributed by atoms with Crippen molar-refractivity contribution < 1.29 is 9.47 Å². The van der Waals surface area contributed by atoms with Crippen molar-refractivity contribution in [2.24, 2.45) is 0 Å². The van der Waals surface area contributed by atoms with Gasteiger partial charge in [-0.15, -0.1) is 0 Å². The van der Waals surface area contributed by atoms with Gasteiger partial charge in [-0.3, -0.25) is 0 Å². The van der Waals surface area contributed by atoms with E-state index in [1.165, 1.54) is 113 Å². The molecule has 0 heterocycles. The first-order valence-corrected chi connectivity index (χ1v) is 21.1. The van der Waals surface area contributed by atoms with Gasteiger partial charge in [-0.1, -0.05) is 125 Å². The maximum Gasteiger partial charge on any atom is 0.0716 e. The summed E-state index contributed by atoms with van der Waals surface area (Å²) in [4.78, 5) is 0. The molecular weight excluding hydrogens is 465 g/mol. The molecule has 0 radical (unpaired) electrons. The third-order valence-corrected chi connectivity index (χ3v) is 17.4. The van der Waals surface area contributed by atoms with Crippen LogP contribution in [0.3, 0.4) is 0 Å². The van der Waals surface area contributed by atoms with Crippen LogP contribution in [0.25, 0.3) is 0 Å². The van der Waals surface area contributed by atoms with E-state index in [2.05, 4.69) is 49.3 Å². The Bertz CT molecular complexity index is 328. The minimum atomic E-state index is -0.745. The molecule has 2 nitrogen and oxygen atoms in total. The number of ether oxygens (including phenoxy) is 2. The Morgan fingerprint density at radius 3 is 1.09 bits per heavy atom. The average molecular weight is 523 g/mol. The average Bonchev–Trinajstić information content (AvgIpc) is 2.82. The first-order valence-electron chi connectivity index (χ1n) is 14.0. The van der Waals surface area contributed by atoms with Crippen molar-refractivity contribution in [2.45, 2.75) is 140 Å². The molecule has 0 saturated heterocycles. The molecule has 0 aliphatic carbocycles. The first kappa shape index (κ1) is 33.1. The number of rotatable bonds is 25. The lowest BCUT2D eigenvalue weighted by Crippen LogP contribution is -2.32. The highest BCUT2D eigenvalue weighted by atomic mass is 33.1. The molecule has 0 aromatic rings. The lowest BCUT2D eigenvalue weighted by Gasteiger charge is -2.25. The number of hydrogen-bond acceptors (Lipinski definition) is 4. The number of methoxy groups -OCH3 is 2. The zero-order valence-corrected chi connectivity index (χ0v) is 26.6. The zero-order valence-electron chi connectivity index (χ0n) is 22.7. The van der Waals surface area contributed by atoms with E-state index < -0.39 is 17.6 Å². The second-order valence-electron chi connectivity index (χ2n) is 9.57. The molecule has 2 unspecified atom stereocenters. The highest BCUT2D eigenvalue weighted by Crippen LogP contribution is 2.27. The first-order chi connectivity index (χ1) is 15.7. The van der Waals surface area contributed by atoms with E-state index in [1.807, 2.05) is 14.2 Å². The molecule has 194 valence electrons. The van der Waals surface area contributed by atoms with Crippen LogP contribution in [-0.4, -0.2) is 54.8 Å². The Kier molecular flexibility index (Phi) is 26.0. The summed E-state index contributed by atoms with van der Waals surface area (Å²) in [5.74, 6) is 2.57. The van der Waals surface area contributed by atoms with Gasteiger partial charge in [0, 0.05) is 37.2 Å². The maximum absolute atomic E-state index is 6.00. The smallest absolute Gasteiger partial charge is 0.0716 e. The van der Waals surface area contributed by atoms with Crippen LogP contribution in [0.1, 0.15) is 105 Å². The second kappa shape index (κ2) is 25.2. The van der Waals surface area contributed by atoms with Crippen LogP contribution in [-0.2, 0) is 9.47 Å². The number of unbranched alkanes of at least 4 members (excludes halogenated alkanes) is 4. The molecule has 0 rings (SSSR count). The van der Waals surface area contributed by atoms with E-state index >= 15 is 0 Å². The van der Waals surface area contributed by atoms with E-state index in [1.54, 1.807) is 0 Å².